The molecule has 78 heavy (non-hydrogen) atoms. The molecule has 0 bridgehead atoms. The van der Waals surface area contributed by atoms with Gasteiger partial charge in [-0.1, -0.05) is 0 Å². The molecule has 5 aromatic heterocycles. The Morgan fingerprint density at radius 2 is 0.962 bits per heavy atom. The molecule has 17 nitrogen and oxygen atoms in total. The van der Waals surface area contributed by atoms with E-state index in [1.807, 2.05) is 55.5 Å². The predicted octanol–water partition coefficient (Wildman–Crippen LogP) is 6.19. The third-order valence-electron chi connectivity index (χ3n) is 10.4. The normalized spacial score (nSPS) is 17.3. The number of ether oxygens (including phenoxy) is 7. The average molecular weight is 1960 g/mol. The molecule has 3 fully saturated rings. The van der Waals surface area contributed by atoms with E-state index in [4.69, 9.17) is 43.4 Å². The third-order valence-corrected chi connectivity index (χ3v) is 10.9. The van der Waals surface area contributed by atoms with Gasteiger partial charge in [-0.25, -0.2) is 9.78 Å². The third kappa shape index (κ3) is 35.3. The summed E-state index contributed by atoms with van der Waals surface area (Å²) in [6, 6.07) is 18.7. The summed E-state index contributed by atoms with van der Waals surface area (Å²) in [4.78, 5) is 43.2. The molecule has 0 aromatic carbocycles. The molecule has 0 spiro atoms. The molecule has 3 aliphatic rings. The summed E-state index contributed by atoms with van der Waals surface area (Å²) < 4.78 is 45.6. The first kappa shape index (κ1) is 79.2. The van der Waals surface area contributed by atoms with Crippen molar-refractivity contribution in [2.45, 2.75) is 50.9 Å². The molecule has 0 saturated heterocycles. The van der Waals surface area contributed by atoms with Gasteiger partial charge in [0.2, 0.25) is 0 Å². The number of aliphatic hydroxyl groups is 2. The number of aliphatic hydroxyl groups excluding tert-OH is 2. The van der Waals surface area contributed by atoms with Crippen LogP contribution in [-0.2, 0) is 33.2 Å². The van der Waals surface area contributed by atoms with Crippen LogP contribution in [0.3, 0.4) is 0 Å². The van der Waals surface area contributed by atoms with Crippen molar-refractivity contribution in [3.05, 3.63) is 125 Å². The van der Waals surface area contributed by atoms with Crippen LogP contribution in [0.1, 0.15) is 73.6 Å². The summed E-state index contributed by atoms with van der Waals surface area (Å²) in [7, 11) is 6.64. The van der Waals surface area contributed by atoms with E-state index in [-0.39, 0.29) is 84.9 Å². The zero-order valence-electron chi connectivity index (χ0n) is 44.9. The van der Waals surface area contributed by atoms with Crippen molar-refractivity contribution in [3.8, 4) is 28.7 Å². The van der Waals surface area contributed by atoms with Crippen LogP contribution in [0.15, 0.2) is 102 Å². The van der Waals surface area contributed by atoms with Crippen LogP contribution < -0.4 is 60.9 Å². The second-order valence-corrected chi connectivity index (χ2v) is 37.2. The van der Waals surface area contributed by atoms with Crippen molar-refractivity contribution >= 4 is 142 Å². The zero-order valence-corrected chi connectivity index (χ0v) is 62.6. The summed E-state index contributed by atoms with van der Waals surface area (Å²) in [6.45, 7) is 4.95. The van der Waals surface area contributed by atoms with E-state index in [1.165, 1.54) is 6.08 Å². The first-order chi connectivity index (χ1) is 36.4. The number of carbonyl (C=O) groups is 2. The Hall–Kier alpha value is -0.910. The number of methoxy groups -OCH3 is 5. The van der Waals surface area contributed by atoms with Gasteiger partial charge in [0.1, 0.15) is 52.1 Å². The molecule has 0 unspecified atom stereocenters. The Bertz CT molecular complexity index is 2360. The number of pyridine rings is 5. The summed E-state index contributed by atoms with van der Waals surface area (Å²) in [6.07, 6.45) is 19.4. The standard InChI is InChI=1S/C12H15NO3.C11H13NO3.2C10H13NO2.C6H6BrNO.C3H9OS.I3.I2.2HI/c1-3-16-12(14)10-6-9(10)11-5-4-8(15-2)7-13-11;1-3-15-11(13)7-5-9-4-6-10(14-2)8-12-9;2*1-13-8-2-3-10(11-5-8)9-4-7(9)6-12;1-9-5-2-3-6(7)8-4-5;1-5(2,3)4;1-3-2;1-2;;/h4-5,7,9-10H,3,6H2,1-2H3;4-8H,3H2,1-2H3;2*2-3,5,7,9,12H,4,6H2,1H3;2-4H,1H3;1-3H3;;;2*1H/q;;;;;+1;-1;;;/p-1/b;7-5+;;;;;;;;/t9-,10-;;2*7-,9+;;;;;;/m0.11....../s1. The average Bonchev–Trinajstić information content (AvgIpc) is 4.33. The first-order valence-corrected chi connectivity index (χ1v) is 45.7. The van der Waals surface area contributed by atoms with Gasteiger partial charge in [-0.05, 0) is 128 Å². The zero-order chi connectivity index (χ0) is 57.1. The van der Waals surface area contributed by atoms with Crippen molar-refractivity contribution in [2.24, 2.45) is 17.8 Å². The van der Waals surface area contributed by atoms with Crippen molar-refractivity contribution in [2.75, 3.05) is 80.7 Å². The first-order valence-electron chi connectivity index (χ1n) is 23.2. The van der Waals surface area contributed by atoms with E-state index in [2.05, 4.69) is 115 Å². The molecule has 8 rings (SSSR count). The van der Waals surface area contributed by atoms with Crippen LogP contribution in [-0.4, -0.2) is 128 Å². The maximum atomic E-state index is 11.4. The Labute approximate surface area is 557 Å². The minimum absolute atomic E-state index is 0. The van der Waals surface area contributed by atoms with Gasteiger partial charge in [0.25, 0.3) is 0 Å². The summed E-state index contributed by atoms with van der Waals surface area (Å²) in [5.41, 5.74) is 3.77. The number of nitrogens with zero attached hydrogens (tertiary/aromatic N) is 5. The van der Waals surface area contributed by atoms with Crippen molar-refractivity contribution in [3.63, 3.8) is 0 Å². The fourth-order valence-corrected chi connectivity index (χ4v) is 6.52. The van der Waals surface area contributed by atoms with E-state index in [0.717, 1.165) is 63.9 Å². The van der Waals surface area contributed by atoms with Gasteiger partial charge in [-0.15, -0.1) is 28.2 Å². The molecule has 5 aromatic rings. The largest absolute Gasteiger partial charge is 1.00 e. The predicted molar refractivity (Wildman–Crippen MR) is 348 cm³/mol. The Morgan fingerprint density at radius 3 is 1.24 bits per heavy atom. The van der Waals surface area contributed by atoms with Gasteiger partial charge < -0.3 is 67.3 Å². The van der Waals surface area contributed by atoms with E-state index in [9.17, 15) is 13.8 Å². The number of hydrogen-bond donors (Lipinski definition) is 2. The Morgan fingerprint density at radius 1 is 0.615 bits per heavy atom. The van der Waals surface area contributed by atoms with Crippen LogP contribution in [0, 0.1) is 17.8 Å². The number of rotatable bonds is 15. The van der Waals surface area contributed by atoms with Crippen molar-refractivity contribution in [1.29, 1.82) is 0 Å². The molecule has 26 heteroatoms. The van der Waals surface area contributed by atoms with Crippen LogP contribution in [0.25, 0.3) is 6.08 Å². The molecular weight excluding hydrogens is 1890 g/mol. The molecule has 0 radical (unpaired) electrons. The maximum absolute atomic E-state index is 11.4. The quantitative estimate of drug-likeness (QED) is 0.0392. The summed E-state index contributed by atoms with van der Waals surface area (Å²) >= 11 is 12.7. The fourth-order valence-electron chi connectivity index (χ4n) is 6.29. The maximum Gasteiger partial charge on any atom is -1.00 e. The minimum Gasteiger partial charge on any atom is -1.00 e. The number of halogens is 8. The van der Waals surface area contributed by atoms with Gasteiger partial charge in [0, 0.05) is 91.4 Å². The molecule has 6 atom stereocenters. The number of aromatic nitrogens is 5. The van der Waals surface area contributed by atoms with Crippen molar-refractivity contribution in [1.82, 2.24) is 24.9 Å². The van der Waals surface area contributed by atoms with E-state index in [1.54, 1.807) is 110 Å². The molecule has 3 aliphatic carbocycles. The molecule has 5 heterocycles. The second-order valence-electron chi connectivity index (χ2n) is 16.6. The smallest absolute Gasteiger partial charge is 1.00 e. The summed E-state index contributed by atoms with van der Waals surface area (Å²) in [5.74, 6) is 5.31. The van der Waals surface area contributed by atoms with Gasteiger partial charge in [-0.2, -0.15) is 0 Å². The van der Waals surface area contributed by atoms with Gasteiger partial charge in [0.05, 0.1) is 101 Å². The molecule has 0 aliphatic heterocycles. The fraction of sp³-hybridized carbons (Fsp3) is 0.442. The van der Waals surface area contributed by atoms with Crippen LogP contribution in [0.2, 0.25) is 0 Å². The van der Waals surface area contributed by atoms with Crippen LogP contribution in [0.4, 0.5) is 0 Å². The molecule has 0 amide bonds. The van der Waals surface area contributed by atoms with Gasteiger partial charge in [0.15, 0.2) is 0 Å². The summed E-state index contributed by atoms with van der Waals surface area (Å²) in [5, 5.41) is 17.8. The molecule has 3 saturated carbocycles. The van der Waals surface area contributed by atoms with Gasteiger partial charge in [-0.3, -0.25) is 24.7 Å². The van der Waals surface area contributed by atoms with Crippen molar-refractivity contribution < 1.29 is 94.4 Å². The number of hydrogen-bond acceptors (Lipinski definition) is 17. The number of carbonyl (C=O) groups excluding carboxylic acids is 2. The SMILES string of the molecule is CCOC(=O)/C=C/c1ccc(OC)cn1.CCOC(=O)[C@H]1C[C@@H]1c1ccc(OC)cn1.COc1ccc(Br)nc1.COc1ccc([C@H]2C[C@@H]2CO)nc1.COc1ccc([C@H]2C[C@@H]2CO)nc1.C[S+](C)(C)=O.I.II.I[I-]I.[I-]. The van der Waals surface area contributed by atoms with E-state index in [0.29, 0.717) is 61.6 Å². The second kappa shape index (κ2) is 46.5. The number of esters is 2. The Kier molecular flexibility index (Phi) is 47.2. The van der Waals surface area contributed by atoms with Gasteiger partial charge >= 0.3 is 62.4 Å². The molecular formula is C52H70BrI7N5O12S-. The monoisotopic (exact) mass is 1960 g/mol. The van der Waals surface area contributed by atoms with Crippen LogP contribution >= 0.6 is 114 Å². The topological polar surface area (TPSA) is 221 Å². The minimum atomic E-state index is -1.42. The van der Waals surface area contributed by atoms with E-state index >= 15 is 0 Å². The van der Waals surface area contributed by atoms with Crippen LogP contribution in [0.5, 0.6) is 28.7 Å². The van der Waals surface area contributed by atoms with E-state index < -0.39 is 9.93 Å². The Balaban J connectivity index is 0. The molecule has 438 valence electrons. The molecule has 2 N–H and O–H groups in total.